The number of carbonyl (C=O) groups excluding carboxylic acids is 2. The minimum absolute atomic E-state index is 0.0881. The summed E-state index contributed by atoms with van der Waals surface area (Å²) < 4.78 is 4.67. The normalized spacial score (nSPS) is 15.6. The number of hydrogen-bond acceptors (Lipinski definition) is 9. The van der Waals surface area contributed by atoms with Gasteiger partial charge in [-0.3, -0.25) is 19.2 Å². The lowest BCUT2D eigenvalue weighted by Gasteiger charge is -2.37. The van der Waals surface area contributed by atoms with Crippen LogP contribution in [0.5, 0.6) is 0 Å². The summed E-state index contributed by atoms with van der Waals surface area (Å²) in [5.41, 5.74) is 0.706. The average Bonchev–Trinajstić information content (AvgIpc) is 3.16. The molecule has 302 valence electrons. The van der Waals surface area contributed by atoms with Gasteiger partial charge in [0, 0.05) is 19.5 Å². The molecule has 0 bridgehead atoms. The van der Waals surface area contributed by atoms with E-state index in [-0.39, 0.29) is 42.6 Å². The molecule has 3 rings (SSSR count). The monoisotopic (exact) mass is 780 g/mol. The van der Waals surface area contributed by atoms with Crippen LogP contribution in [0, 0.1) is 5.92 Å². The van der Waals surface area contributed by atoms with E-state index in [0.717, 1.165) is 30.6 Å². The van der Waals surface area contributed by atoms with Crippen LogP contribution < -0.4 is 5.32 Å². The number of carboxylic acids is 4. The van der Waals surface area contributed by atoms with Crippen molar-refractivity contribution in [1.29, 1.82) is 0 Å². The van der Waals surface area contributed by atoms with Crippen molar-refractivity contribution in [2.45, 2.75) is 110 Å². The number of unbranched alkanes of at least 4 members (excludes halogenated alkanes) is 5. The molecule has 2 aromatic carbocycles. The predicted molar refractivity (Wildman–Crippen MR) is 203 cm³/mol. The van der Waals surface area contributed by atoms with E-state index in [1.165, 1.54) is 44.2 Å². The fourth-order valence-corrected chi connectivity index (χ4v) is 5.41. The van der Waals surface area contributed by atoms with E-state index in [9.17, 15) is 39.0 Å². The number of benzene rings is 2. The Kier molecular flexibility index (Phi) is 26.5. The minimum atomic E-state index is -1.49. The predicted octanol–water partition coefficient (Wildman–Crippen LogP) is 6.29. The van der Waals surface area contributed by atoms with E-state index in [2.05, 4.69) is 23.9 Å². The SMILES string of the molecule is CCC(=O)O.CCCCCCCCC(CCC)C(=O)O.CCOC(=O)C(O)c1ccccc1.O=C(O)C1NCCN(C(=O)c2ccccc2Cl)C1C(=O)O. The standard InChI is InChI=1S/C13H13ClN2O5.C13H26O2.C10H12O3.C3H6O2/c14-8-4-2-1-3-7(8)11(17)16-6-5-15-9(12(18)19)10(16)13(20)21;1-3-5-6-7-8-9-11-12(10-4-2)13(14)15;1-2-13-10(12)9(11)8-6-4-3-5-7-8;1-2-3(4)5/h1-4,9-10,15H,5-6H2,(H,18,19)(H,20,21);12H,3-11H2,1-2H3,(H,14,15);3-7,9,11H,2H2,1H3;2H2,1H3,(H,4,5). The second-order valence-electron chi connectivity index (χ2n) is 12.2. The molecule has 0 aliphatic carbocycles. The molecule has 0 saturated carbocycles. The van der Waals surface area contributed by atoms with Gasteiger partial charge in [0.1, 0.15) is 6.04 Å². The zero-order valence-electron chi connectivity index (χ0n) is 31.6. The minimum Gasteiger partial charge on any atom is -0.481 e. The van der Waals surface area contributed by atoms with E-state index in [1.807, 2.05) is 6.07 Å². The number of aliphatic hydroxyl groups is 1. The number of amides is 1. The molecule has 1 saturated heterocycles. The fraction of sp³-hybridized carbons (Fsp3) is 0.538. The summed E-state index contributed by atoms with van der Waals surface area (Å²) in [6.07, 6.45) is 9.20. The smallest absolute Gasteiger partial charge is 0.339 e. The molecule has 14 nitrogen and oxygen atoms in total. The van der Waals surface area contributed by atoms with Crippen LogP contribution in [0.3, 0.4) is 0 Å². The van der Waals surface area contributed by atoms with Crippen molar-refractivity contribution < 1.29 is 59.0 Å². The molecule has 0 radical (unpaired) electrons. The van der Waals surface area contributed by atoms with Gasteiger partial charge in [0.05, 0.1) is 23.1 Å². The summed E-state index contributed by atoms with van der Waals surface area (Å²) in [4.78, 5) is 67.3. The molecule has 0 aromatic heterocycles. The molecule has 0 spiro atoms. The summed E-state index contributed by atoms with van der Waals surface area (Å²) in [6.45, 7) is 8.13. The summed E-state index contributed by atoms with van der Waals surface area (Å²) in [5, 5.41) is 47.3. The first-order valence-corrected chi connectivity index (χ1v) is 18.6. The van der Waals surface area contributed by atoms with Gasteiger partial charge in [-0.25, -0.2) is 9.59 Å². The van der Waals surface area contributed by atoms with Gasteiger partial charge in [-0.1, -0.05) is 120 Å². The number of carbonyl (C=O) groups is 6. The summed E-state index contributed by atoms with van der Waals surface area (Å²) in [5.74, 6) is -5.35. The highest BCUT2D eigenvalue weighted by atomic mass is 35.5. The first-order chi connectivity index (χ1) is 25.7. The van der Waals surface area contributed by atoms with E-state index in [0.29, 0.717) is 5.56 Å². The Hall–Kier alpha value is -4.53. The number of aliphatic hydroxyl groups excluding tert-OH is 1. The van der Waals surface area contributed by atoms with Gasteiger partial charge >= 0.3 is 29.8 Å². The number of ether oxygens (including phenoxy) is 1. The summed E-state index contributed by atoms with van der Waals surface area (Å²) in [6, 6.07) is 12.1. The van der Waals surface area contributed by atoms with Gasteiger partial charge in [-0.2, -0.15) is 0 Å². The van der Waals surface area contributed by atoms with Crippen LogP contribution >= 0.6 is 11.6 Å². The summed E-state index contributed by atoms with van der Waals surface area (Å²) >= 11 is 5.94. The largest absolute Gasteiger partial charge is 0.481 e. The van der Waals surface area contributed by atoms with E-state index in [1.54, 1.807) is 50.2 Å². The van der Waals surface area contributed by atoms with Crippen molar-refractivity contribution >= 4 is 47.4 Å². The maximum absolute atomic E-state index is 12.5. The Morgan fingerprint density at radius 2 is 1.37 bits per heavy atom. The van der Waals surface area contributed by atoms with Crippen LogP contribution in [0.2, 0.25) is 5.02 Å². The molecule has 54 heavy (non-hydrogen) atoms. The molecule has 15 heteroatoms. The Labute approximate surface area is 322 Å². The lowest BCUT2D eigenvalue weighted by molar-refractivity contribution is -0.153. The van der Waals surface area contributed by atoms with Crippen LogP contribution in [0.15, 0.2) is 54.6 Å². The molecular formula is C39H57ClN2O12. The molecular weight excluding hydrogens is 724 g/mol. The number of carboxylic acid groups (broad SMARTS) is 4. The Morgan fingerprint density at radius 3 is 1.87 bits per heavy atom. The van der Waals surface area contributed by atoms with Crippen LogP contribution in [0.1, 0.15) is 114 Å². The van der Waals surface area contributed by atoms with Gasteiger partial charge in [-0.05, 0) is 37.5 Å². The van der Waals surface area contributed by atoms with Crippen molar-refractivity contribution in [2.24, 2.45) is 5.92 Å². The highest BCUT2D eigenvalue weighted by molar-refractivity contribution is 6.33. The van der Waals surface area contributed by atoms with Crippen molar-refractivity contribution in [3.05, 3.63) is 70.7 Å². The highest BCUT2D eigenvalue weighted by Crippen LogP contribution is 2.21. The van der Waals surface area contributed by atoms with E-state index in [4.69, 9.17) is 26.9 Å². The average molecular weight is 781 g/mol. The molecule has 4 unspecified atom stereocenters. The Balaban J connectivity index is 0.000000755. The lowest BCUT2D eigenvalue weighted by atomic mass is 9.96. The molecule has 1 aliphatic heterocycles. The van der Waals surface area contributed by atoms with Gasteiger partial charge in [0.2, 0.25) is 0 Å². The number of halogens is 1. The molecule has 1 fully saturated rings. The molecule has 6 N–H and O–H groups in total. The van der Waals surface area contributed by atoms with Crippen LogP contribution in [0.25, 0.3) is 0 Å². The number of aliphatic carboxylic acids is 4. The van der Waals surface area contributed by atoms with Crippen molar-refractivity contribution in [3.8, 4) is 0 Å². The molecule has 1 heterocycles. The van der Waals surface area contributed by atoms with Crippen LogP contribution in [0.4, 0.5) is 0 Å². The van der Waals surface area contributed by atoms with Gasteiger partial charge in [0.25, 0.3) is 5.91 Å². The molecule has 4 atom stereocenters. The van der Waals surface area contributed by atoms with E-state index < -0.39 is 53.9 Å². The third kappa shape index (κ3) is 19.5. The van der Waals surface area contributed by atoms with Gasteiger partial charge in [0.15, 0.2) is 12.1 Å². The van der Waals surface area contributed by atoms with Crippen molar-refractivity contribution in [1.82, 2.24) is 10.2 Å². The second kappa shape index (κ2) is 28.9. The lowest BCUT2D eigenvalue weighted by Crippen LogP contribution is -2.65. The zero-order chi connectivity index (χ0) is 41.1. The summed E-state index contributed by atoms with van der Waals surface area (Å²) in [7, 11) is 0. The van der Waals surface area contributed by atoms with Crippen molar-refractivity contribution in [3.63, 3.8) is 0 Å². The molecule has 2 aromatic rings. The Morgan fingerprint density at radius 1 is 0.796 bits per heavy atom. The topological polar surface area (TPSA) is 228 Å². The van der Waals surface area contributed by atoms with Crippen LogP contribution in [-0.2, 0) is 28.7 Å². The van der Waals surface area contributed by atoms with Gasteiger partial charge < -0.3 is 40.5 Å². The third-order valence-corrected chi connectivity index (χ3v) is 8.40. The molecule has 1 aliphatic rings. The first-order valence-electron chi connectivity index (χ1n) is 18.3. The maximum Gasteiger partial charge on any atom is 0.339 e. The number of rotatable bonds is 17. The number of nitrogens with one attached hydrogen (secondary N) is 1. The van der Waals surface area contributed by atoms with Crippen LogP contribution in [-0.4, -0.2) is 98.0 Å². The maximum atomic E-state index is 12.5. The second-order valence-corrected chi connectivity index (χ2v) is 12.6. The highest BCUT2D eigenvalue weighted by Gasteiger charge is 2.43. The fourth-order valence-electron chi connectivity index (χ4n) is 5.19. The van der Waals surface area contributed by atoms with Crippen molar-refractivity contribution in [2.75, 3.05) is 19.7 Å². The Bertz CT molecular complexity index is 1430. The quantitative estimate of drug-likeness (QED) is 0.0767. The number of esters is 1. The van der Waals surface area contributed by atoms with E-state index >= 15 is 0 Å². The number of piperazine rings is 1. The molecule has 1 amide bonds. The third-order valence-electron chi connectivity index (χ3n) is 8.07. The zero-order valence-corrected chi connectivity index (χ0v) is 32.4. The number of nitrogens with zero attached hydrogens (tertiary/aromatic N) is 1. The van der Waals surface area contributed by atoms with Gasteiger partial charge in [-0.15, -0.1) is 0 Å². The first kappa shape index (κ1) is 49.5. The number of hydrogen-bond donors (Lipinski definition) is 6.